The molecule has 0 aliphatic carbocycles. The lowest BCUT2D eigenvalue weighted by atomic mass is 10.1. The highest BCUT2D eigenvalue weighted by molar-refractivity contribution is 8.27. The van der Waals surface area contributed by atoms with Crippen LogP contribution in [0.1, 0.15) is 15.9 Å². The Morgan fingerprint density at radius 2 is 2.08 bits per heavy atom. The maximum Gasteiger partial charge on any atom is 0.339 e. The molecule has 0 saturated carbocycles. The number of thioether (sulfide) groups is 1. The molecule has 0 unspecified atom stereocenters. The number of benzene rings is 1. The highest BCUT2D eigenvalue weighted by atomic mass is 32.2. The second-order valence-corrected chi connectivity index (χ2v) is 6.81. The van der Waals surface area contributed by atoms with Crippen LogP contribution in [0.5, 0.6) is 5.75 Å². The minimum absolute atomic E-state index is 0.284. The van der Waals surface area contributed by atoms with Crippen molar-refractivity contribution in [2.24, 2.45) is 7.05 Å². The average molecular weight is 360 g/mol. The van der Waals surface area contributed by atoms with Gasteiger partial charge in [-0.25, -0.2) is 4.79 Å². The third kappa shape index (κ3) is 2.93. The lowest BCUT2D eigenvalue weighted by molar-refractivity contribution is -0.113. The standard InChI is InChI=1S/C16H12N2O4S2/c1-17-5-4-9(8-17)6-13-14(20)18(16(23)24-13)10-2-3-12(19)11(7-10)15(21)22/h2-8,19H,1H3,(H,21,22). The third-order valence-electron chi connectivity index (χ3n) is 3.42. The number of rotatable bonds is 3. The van der Waals surface area contributed by atoms with Gasteiger partial charge in [0, 0.05) is 19.4 Å². The summed E-state index contributed by atoms with van der Waals surface area (Å²) in [6.45, 7) is 0. The number of aromatic carboxylic acids is 1. The van der Waals surface area contributed by atoms with E-state index in [1.165, 1.54) is 23.1 Å². The van der Waals surface area contributed by atoms with E-state index in [0.29, 0.717) is 14.9 Å². The highest BCUT2D eigenvalue weighted by Gasteiger charge is 2.34. The fourth-order valence-corrected chi connectivity index (χ4v) is 3.59. The number of aryl methyl sites for hydroxylation is 1. The monoisotopic (exact) mass is 360 g/mol. The van der Waals surface area contributed by atoms with E-state index in [0.717, 1.165) is 17.3 Å². The number of nitrogens with zero attached hydrogens (tertiary/aromatic N) is 2. The number of phenols is 1. The first-order chi connectivity index (χ1) is 11.4. The van der Waals surface area contributed by atoms with Gasteiger partial charge in [0.05, 0.1) is 10.6 Å². The molecule has 0 radical (unpaired) electrons. The van der Waals surface area contributed by atoms with Crippen molar-refractivity contribution in [2.75, 3.05) is 4.90 Å². The van der Waals surface area contributed by atoms with Gasteiger partial charge in [0.15, 0.2) is 4.32 Å². The molecule has 1 amide bonds. The lowest BCUT2D eigenvalue weighted by Crippen LogP contribution is -2.27. The zero-order valence-corrected chi connectivity index (χ0v) is 14.1. The molecule has 1 aliphatic heterocycles. The molecule has 3 rings (SSSR count). The van der Waals surface area contributed by atoms with E-state index in [1.807, 2.05) is 30.1 Å². The van der Waals surface area contributed by atoms with Crippen molar-refractivity contribution in [1.29, 1.82) is 0 Å². The van der Waals surface area contributed by atoms with Crippen molar-refractivity contribution < 1.29 is 19.8 Å². The van der Waals surface area contributed by atoms with Gasteiger partial charge in [0.2, 0.25) is 0 Å². The summed E-state index contributed by atoms with van der Waals surface area (Å²) < 4.78 is 2.18. The number of aromatic hydroxyl groups is 1. The Hall–Kier alpha value is -2.58. The maximum absolute atomic E-state index is 12.6. The van der Waals surface area contributed by atoms with E-state index >= 15 is 0 Å². The number of anilines is 1. The van der Waals surface area contributed by atoms with Gasteiger partial charge in [0.25, 0.3) is 5.91 Å². The van der Waals surface area contributed by atoms with E-state index in [-0.39, 0.29) is 17.2 Å². The van der Waals surface area contributed by atoms with Crippen LogP contribution in [0.25, 0.3) is 6.08 Å². The Labute approximate surface area is 147 Å². The first kappa shape index (κ1) is 16.3. The van der Waals surface area contributed by atoms with Gasteiger partial charge < -0.3 is 14.8 Å². The van der Waals surface area contributed by atoms with E-state index in [1.54, 1.807) is 6.08 Å². The van der Waals surface area contributed by atoms with Gasteiger partial charge in [-0.05, 0) is 35.9 Å². The van der Waals surface area contributed by atoms with E-state index < -0.39 is 5.97 Å². The van der Waals surface area contributed by atoms with Gasteiger partial charge in [-0.2, -0.15) is 0 Å². The SMILES string of the molecule is Cn1ccc(C=C2SC(=S)N(c3ccc(O)c(C(=O)O)c3)C2=O)c1. The molecule has 122 valence electrons. The van der Waals surface area contributed by atoms with Crippen molar-refractivity contribution in [1.82, 2.24) is 4.57 Å². The molecule has 1 aliphatic rings. The van der Waals surface area contributed by atoms with Crippen molar-refractivity contribution >= 4 is 51.9 Å². The number of carboxylic acid groups (broad SMARTS) is 1. The van der Waals surface area contributed by atoms with E-state index in [4.69, 9.17) is 17.3 Å². The summed E-state index contributed by atoms with van der Waals surface area (Å²) in [5, 5.41) is 18.7. The fourth-order valence-electron chi connectivity index (χ4n) is 2.29. The summed E-state index contributed by atoms with van der Waals surface area (Å²) in [5.74, 6) is -1.97. The van der Waals surface area contributed by atoms with Crippen LogP contribution in [0.4, 0.5) is 5.69 Å². The molecule has 8 heteroatoms. The fraction of sp³-hybridized carbons (Fsp3) is 0.0625. The first-order valence-electron chi connectivity index (χ1n) is 6.83. The summed E-state index contributed by atoms with van der Waals surface area (Å²) >= 11 is 6.40. The molecule has 2 N–H and O–H groups in total. The van der Waals surface area contributed by atoms with E-state index in [9.17, 15) is 14.7 Å². The van der Waals surface area contributed by atoms with Gasteiger partial charge in [-0.15, -0.1) is 0 Å². The predicted octanol–water partition coefficient (Wildman–Crippen LogP) is 2.83. The molecule has 0 atom stereocenters. The number of aromatic nitrogens is 1. The zero-order valence-electron chi connectivity index (χ0n) is 12.5. The van der Waals surface area contributed by atoms with Crippen molar-refractivity contribution in [3.05, 3.63) is 52.7 Å². The smallest absolute Gasteiger partial charge is 0.339 e. The van der Waals surface area contributed by atoms with Crippen molar-refractivity contribution in [3.63, 3.8) is 0 Å². The number of amides is 1. The summed E-state index contributed by atoms with van der Waals surface area (Å²) in [6, 6.07) is 5.79. The molecule has 2 aromatic rings. The summed E-state index contributed by atoms with van der Waals surface area (Å²) in [5.41, 5.74) is 0.896. The quantitative estimate of drug-likeness (QED) is 0.647. The Bertz CT molecular complexity index is 901. The number of carbonyl (C=O) groups excluding carboxylic acids is 1. The molecular weight excluding hydrogens is 348 g/mol. The molecule has 1 fully saturated rings. The minimum Gasteiger partial charge on any atom is -0.507 e. The van der Waals surface area contributed by atoms with Crippen LogP contribution in [-0.4, -0.2) is 31.0 Å². The predicted molar refractivity (Wildman–Crippen MR) is 96.1 cm³/mol. The highest BCUT2D eigenvalue weighted by Crippen LogP contribution is 2.37. The van der Waals surface area contributed by atoms with Crippen LogP contribution in [-0.2, 0) is 11.8 Å². The maximum atomic E-state index is 12.6. The molecule has 0 spiro atoms. The van der Waals surface area contributed by atoms with Crippen molar-refractivity contribution in [2.45, 2.75) is 0 Å². The Morgan fingerprint density at radius 1 is 1.33 bits per heavy atom. The first-order valence-corrected chi connectivity index (χ1v) is 8.05. The second-order valence-electron chi connectivity index (χ2n) is 5.13. The Balaban J connectivity index is 1.97. The number of carboxylic acids is 1. The molecule has 1 aromatic carbocycles. The molecule has 1 saturated heterocycles. The minimum atomic E-state index is -1.28. The van der Waals surface area contributed by atoms with Crippen LogP contribution in [0.15, 0.2) is 41.6 Å². The normalized spacial score (nSPS) is 16.2. The summed E-state index contributed by atoms with van der Waals surface area (Å²) in [7, 11) is 1.88. The van der Waals surface area contributed by atoms with Crippen LogP contribution >= 0.6 is 24.0 Å². The van der Waals surface area contributed by atoms with Crippen molar-refractivity contribution in [3.8, 4) is 5.75 Å². The lowest BCUT2D eigenvalue weighted by Gasteiger charge is -2.15. The number of thiocarbonyl (C=S) groups is 1. The molecule has 0 bridgehead atoms. The van der Waals surface area contributed by atoms with Gasteiger partial charge in [-0.3, -0.25) is 9.69 Å². The third-order valence-corrected chi connectivity index (χ3v) is 4.72. The summed E-state index contributed by atoms with van der Waals surface area (Å²) in [4.78, 5) is 25.5. The number of hydrogen-bond acceptors (Lipinski definition) is 5. The van der Waals surface area contributed by atoms with Crippen LogP contribution in [0.3, 0.4) is 0 Å². The summed E-state index contributed by atoms with van der Waals surface area (Å²) in [6.07, 6.45) is 5.47. The zero-order chi connectivity index (χ0) is 17.4. The van der Waals surface area contributed by atoms with Gasteiger partial charge in [0.1, 0.15) is 11.3 Å². The molecule has 2 heterocycles. The average Bonchev–Trinajstić information content (AvgIpc) is 3.04. The van der Waals surface area contributed by atoms with Crippen LogP contribution in [0, 0.1) is 0 Å². The number of hydrogen-bond donors (Lipinski definition) is 2. The van der Waals surface area contributed by atoms with Gasteiger partial charge in [-0.1, -0.05) is 24.0 Å². The Morgan fingerprint density at radius 3 is 2.71 bits per heavy atom. The molecule has 1 aromatic heterocycles. The van der Waals surface area contributed by atoms with Crippen LogP contribution in [0.2, 0.25) is 0 Å². The topological polar surface area (TPSA) is 82.8 Å². The molecule has 24 heavy (non-hydrogen) atoms. The van der Waals surface area contributed by atoms with E-state index in [2.05, 4.69) is 0 Å². The van der Waals surface area contributed by atoms with Crippen LogP contribution < -0.4 is 4.90 Å². The van der Waals surface area contributed by atoms with Gasteiger partial charge >= 0.3 is 5.97 Å². The molecular formula is C16H12N2O4S2. The molecule has 6 nitrogen and oxygen atoms in total. The Kier molecular flexibility index (Phi) is 4.16. The second kappa shape index (κ2) is 6.14. The largest absolute Gasteiger partial charge is 0.507 e. The number of carbonyl (C=O) groups is 2.